The zero-order chi connectivity index (χ0) is 28.6. The lowest BCUT2D eigenvalue weighted by Crippen LogP contribution is -2.33. The predicted octanol–water partition coefficient (Wildman–Crippen LogP) is 6.25. The molecular weight excluding hydrogens is 554 g/mol. The summed E-state index contributed by atoms with van der Waals surface area (Å²) in [6.45, 7) is -0.760. The maximum atomic E-state index is 14.4. The first-order valence-corrected chi connectivity index (χ1v) is 12.3. The molecule has 14 heteroatoms. The molecule has 204 valence electrons. The molecular formula is C25H16F6N2O5S. The van der Waals surface area contributed by atoms with Gasteiger partial charge in [-0.05, 0) is 47.3 Å². The number of pyridine rings is 1. The van der Waals surface area contributed by atoms with Crippen LogP contribution in [0.25, 0.3) is 10.8 Å². The van der Waals surface area contributed by atoms with Crippen molar-refractivity contribution in [2.24, 2.45) is 0 Å². The number of benzene rings is 3. The van der Waals surface area contributed by atoms with Crippen molar-refractivity contribution in [3.63, 3.8) is 0 Å². The van der Waals surface area contributed by atoms with E-state index < -0.39 is 57.1 Å². The molecule has 0 aliphatic heterocycles. The standard InChI is InChI=1S/C25H16F6N2O5S/c26-24(27,28)21-20-4-2-1-3-17(20)13-32-22(21)33(14-15-5-9-18(10-6-15)38-25(29,30)31)39(36,37)19-11-7-16(8-12-19)23(34)35/h1-13H,14H2,(H,34,35). The first-order chi connectivity index (χ1) is 18.2. The molecule has 7 nitrogen and oxygen atoms in total. The van der Waals surface area contributed by atoms with Gasteiger partial charge in [-0.2, -0.15) is 13.2 Å². The Morgan fingerprint density at radius 2 is 1.51 bits per heavy atom. The van der Waals surface area contributed by atoms with Gasteiger partial charge in [0.2, 0.25) is 0 Å². The highest BCUT2D eigenvalue weighted by Gasteiger charge is 2.41. The summed E-state index contributed by atoms with van der Waals surface area (Å²) in [6.07, 6.45) is -8.99. The highest BCUT2D eigenvalue weighted by atomic mass is 32.2. The number of ether oxygens (including phenoxy) is 1. The van der Waals surface area contributed by atoms with Crippen molar-refractivity contribution < 1.29 is 49.4 Å². The lowest BCUT2D eigenvalue weighted by Gasteiger charge is -2.27. The normalized spacial score (nSPS) is 12.4. The largest absolute Gasteiger partial charge is 0.573 e. The molecule has 0 aliphatic carbocycles. The maximum absolute atomic E-state index is 14.4. The molecule has 0 atom stereocenters. The Morgan fingerprint density at radius 1 is 0.897 bits per heavy atom. The average Bonchev–Trinajstić information content (AvgIpc) is 2.86. The van der Waals surface area contributed by atoms with E-state index in [1.807, 2.05) is 0 Å². The van der Waals surface area contributed by atoms with E-state index in [2.05, 4.69) is 9.72 Å². The highest BCUT2D eigenvalue weighted by Crippen LogP contribution is 2.42. The van der Waals surface area contributed by atoms with Crippen molar-refractivity contribution in [2.45, 2.75) is 24.0 Å². The number of fused-ring (bicyclic) bond motifs is 1. The molecule has 4 rings (SSSR count). The topological polar surface area (TPSA) is 96.8 Å². The third kappa shape index (κ3) is 6.06. The van der Waals surface area contributed by atoms with Gasteiger partial charge in [-0.15, -0.1) is 13.2 Å². The Kier molecular flexibility index (Phi) is 7.17. The Morgan fingerprint density at radius 3 is 2.08 bits per heavy atom. The summed E-state index contributed by atoms with van der Waals surface area (Å²) < 4.78 is 112. The Labute approximate surface area is 216 Å². The minimum atomic E-state index is -5.06. The minimum Gasteiger partial charge on any atom is -0.478 e. The van der Waals surface area contributed by atoms with Crippen LogP contribution in [0.15, 0.2) is 83.9 Å². The summed E-state index contributed by atoms with van der Waals surface area (Å²) in [5, 5.41) is 8.86. The SMILES string of the molecule is O=C(O)c1ccc(S(=O)(=O)N(Cc2ccc(OC(F)(F)F)cc2)c2ncc3ccccc3c2C(F)(F)F)cc1. The molecule has 1 heterocycles. The maximum Gasteiger partial charge on any atom is 0.573 e. The van der Waals surface area contributed by atoms with Gasteiger partial charge in [0, 0.05) is 11.6 Å². The fraction of sp³-hybridized carbons (Fsp3) is 0.120. The highest BCUT2D eigenvalue weighted by molar-refractivity contribution is 7.92. The quantitative estimate of drug-likeness (QED) is 0.264. The van der Waals surface area contributed by atoms with Crippen LogP contribution in [0.5, 0.6) is 5.75 Å². The molecule has 0 bridgehead atoms. The zero-order valence-electron chi connectivity index (χ0n) is 19.4. The predicted molar refractivity (Wildman–Crippen MR) is 127 cm³/mol. The van der Waals surface area contributed by atoms with Gasteiger partial charge in [-0.3, -0.25) is 0 Å². The number of carbonyl (C=O) groups is 1. The van der Waals surface area contributed by atoms with Gasteiger partial charge in [0.15, 0.2) is 5.82 Å². The van der Waals surface area contributed by atoms with E-state index in [0.29, 0.717) is 4.31 Å². The van der Waals surface area contributed by atoms with E-state index in [4.69, 9.17) is 5.11 Å². The molecule has 1 aromatic heterocycles. The minimum absolute atomic E-state index is 0.0124. The van der Waals surface area contributed by atoms with Crippen LogP contribution >= 0.6 is 0 Å². The van der Waals surface area contributed by atoms with Crippen LogP contribution in [-0.4, -0.2) is 30.8 Å². The second-order valence-electron chi connectivity index (χ2n) is 8.07. The summed E-state index contributed by atoms with van der Waals surface area (Å²) in [7, 11) is -4.82. The monoisotopic (exact) mass is 570 g/mol. The van der Waals surface area contributed by atoms with Crippen LogP contribution in [0.4, 0.5) is 32.2 Å². The van der Waals surface area contributed by atoms with Crippen molar-refractivity contribution in [1.29, 1.82) is 0 Å². The van der Waals surface area contributed by atoms with E-state index >= 15 is 0 Å². The number of anilines is 1. The van der Waals surface area contributed by atoms with Gasteiger partial charge < -0.3 is 9.84 Å². The van der Waals surface area contributed by atoms with Crippen LogP contribution in [0, 0.1) is 0 Å². The average molecular weight is 570 g/mol. The van der Waals surface area contributed by atoms with Crippen molar-refractivity contribution in [1.82, 2.24) is 4.98 Å². The smallest absolute Gasteiger partial charge is 0.478 e. The summed E-state index contributed by atoms with van der Waals surface area (Å²) in [5.41, 5.74) is -1.60. The molecule has 0 fully saturated rings. The fourth-order valence-electron chi connectivity index (χ4n) is 3.75. The van der Waals surface area contributed by atoms with Crippen LogP contribution < -0.4 is 9.04 Å². The van der Waals surface area contributed by atoms with Gasteiger partial charge in [0.1, 0.15) is 11.3 Å². The van der Waals surface area contributed by atoms with Gasteiger partial charge in [0.25, 0.3) is 10.0 Å². The Balaban J connectivity index is 1.89. The molecule has 3 aromatic carbocycles. The summed E-state index contributed by atoms with van der Waals surface area (Å²) in [5.74, 6) is -2.95. The summed E-state index contributed by atoms with van der Waals surface area (Å²) in [4.78, 5) is 14.5. The Bertz CT molecular complexity index is 1620. The third-order valence-corrected chi connectivity index (χ3v) is 7.22. The molecule has 39 heavy (non-hydrogen) atoms. The number of nitrogens with zero attached hydrogens (tertiary/aromatic N) is 2. The number of hydrogen-bond acceptors (Lipinski definition) is 5. The van der Waals surface area contributed by atoms with E-state index in [1.54, 1.807) is 0 Å². The van der Waals surface area contributed by atoms with Crippen LogP contribution in [0.1, 0.15) is 21.5 Å². The van der Waals surface area contributed by atoms with E-state index in [9.17, 15) is 39.6 Å². The number of carboxylic acid groups (broad SMARTS) is 1. The molecule has 4 aromatic rings. The first kappa shape index (κ1) is 27.7. The van der Waals surface area contributed by atoms with Crippen molar-refractivity contribution >= 4 is 32.6 Å². The molecule has 0 aliphatic rings. The van der Waals surface area contributed by atoms with E-state index in [-0.39, 0.29) is 21.9 Å². The molecule has 0 saturated heterocycles. The number of aromatic nitrogens is 1. The van der Waals surface area contributed by atoms with Gasteiger partial charge in [0.05, 0.1) is 17.0 Å². The van der Waals surface area contributed by atoms with Crippen LogP contribution in [-0.2, 0) is 22.7 Å². The number of sulfonamides is 1. The molecule has 0 radical (unpaired) electrons. The Hall–Kier alpha value is -4.33. The lowest BCUT2D eigenvalue weighted by molar-refractivity contribution is -0.274. The second-order valence-corrected chi connectivity index (χ2v) is 9.94. The van der Waals surface area contributed by atoms with Gasteiger partial charge >= 0.3 is 18.5 Å². The first-order valence-electron chi connectivity index (χ1n) is 10.8. The second kappa shape index (κ2) is 10.1. The van der Waals surface area contributed by atoms with E-state index in [0.717, 1.165) is 60.8 Å². The number of aromatic carboxylic acids is 1. The number of rotatable bonds is 7. The van der Waals surface area contributed by atoms with Crippen LogP contribution in [0.3, 0.4) is 0 Å². The number of hydrogen-bond donors (Lipinski definition) is 1. The lowest BCUT2D eigenvalue weighted by atomic mass is 10.1. The summed E-state index contributed by atoms with van der Waals surface area (Å²) in [6, 6.07) is 13.0. The molecule has 0 amide bonds. The van der Waals surface area contributed by atoms with Crippen molar-refractivity contribution in [2.75, 3.05) is 4.31 Å². The van der Waals surface area contributed by atoms with E-state index in [1.165, 1.54) is 18.2 Å². The van der Waals surface area contributed by atoms with Gasteiger partial charge in [-0.25, -0.2) is 22.5 Å². The van der Waals surface area contributed by atoms with Gasteiger partial charge in [-0.1, -0.05) is 36.4 Å². The zero-order valence-corrected chi connectivity index (χ0v) is 20.2. The summed E-state index contributed by atoms with van der Waals surface area (Å²) >= 11 is 0. The molecule has 0 spiro atoms. The van der Waals surface area contributed by atoms with Crippen LogP contribution in [0.2, 0.25) is 0 Å². The molecule has 0 unspecified atom stereocenters. The molecule has 1 N–H and O–H groups in total. The van der Waals surface area contributed by atoms with Crippen molar-refractivity contribution in [3.05, 3.63) is 95.7 Å². The number of carboxylic acids is 1. The fourth-order valence-corrected chi connectivity index (χ4v) is 5.17. The molecule has 0 saturated carbocycles. The third-order valence-electron chi connectivity index (χ3n) is 5.47. The number of alkyl halides is 6. The van der Waals surface area contributed by atoms with Crippen molar-refractivity contribution in [3.8, 4) is 5.75 Å². The number of halogens is 6.